The molecule has 6 atom stereocenters. The molecule has 4 heteroatoms. The van der Waals surface area contributed by atoms with Crippen LogP contribution in [-0.4, -0.2) is 47.7 Å². The first-order chi connectivity index (χ1) is 11.1. The predicted octanol–water partition coefficient (Wildman–Crippen LogP) is 3.52. The topological polar surface area (TPSA) is 40.5 Å². The summed E-state index contributed by atoms with van der Waals surface area (Å²) >= 11 is 1.06. The van der Waals surface area contributed by atoms with Crippen molar-refractivity contribution in [3.05, 3.63) is 0 Å². The summed E-state index contributed by atoms with van der Waals surface area (Å²) in [4.78, 5) is 0. The second kappa shape index (κ2) is 5.73. The van der Waals surface area contributed by atoms with E-state index in [0.29, 0.717) is 48.9 Å². The zero-order valence-electron chi connectivity index (χ0n) is 15.7. The van der Waals surface area contributed by atoms with Crippen LogP contribution in [-0.2, 0) is 0 Å². The minimum atomic E-state index is -0.379. The fourth-order valence-electron chi connectivity index (χ4n) is 6.67. The van der Waals surface area contributed by atoms with Crippen LogP contribution in [0.15, 0.2) is 0 Å². The Kier molecular flexibility index (Phi) is 4.37. The molecule has 2 nitrogen and oxygen atoms in total. The summed E-state index contributed by atoms with van der Waals surface area (Å²) < 4.78 is 0. The molecule has 0 aromatic rings. The van der Waals surface area contributed by atoms with Gasteiger partial charge < -0.3 is 0 Å². The number of hydrogen-bond donors (Lipinski definition) is 2. The van der Waals surface area contributed by atoms with Crippen molar-refractivity contribution in [3.8, 4) is 0 Å². The second-order valence-electron chi connectivity index (χ2n) is 10.4. The summed E-state index contributed by atoms with van der Waals surface area (Å²) in [5.74, 6) is 2.78. The Morgan fingerprint density at radius 3 is 1.42 bits per heavy atom. The van der Waals surface area contributed by atoms with Crippen LogP contribution >= 0.6 is 0 Å². The molecule has 2 N–H and O–H groups in total. The number of rotatable bonds is 5. The van der Waals surface area contributed by atoms with Crippen LogP contribution < -0.4 is 0 Å². The Balaban J connectivity index is 1.29. The molecule has 0 radical (unpaired) electrons. The molecule has 0 saturated heterocycles. The Hall–Kier alpha value is 0.959. The van der Waals surface area contributed by atoms with Gasteiger partial charge in [0, 0.05) is 0 Å². The van der Waals surface area contributed by atoms with E-state index in [0.717, 1.165) is 35.3 Å². The Bertz CT molecular complexity index is 470. The first-order valence-corrected chi connectivity index (χ1v) is 16.5. The van der Waals surface area contributed by atoms with E-state index in [1.54, 1.807) is 0 Å². The van der Waals surface area contributed by atoms with Gasteiger partial charge in [0.05, 0.1) is 0 Å². The fraction of sp³-hybridized carbons (Fsp3) is 1.00. The molecular weight excluding hydrogens is 430 g/mol. The Morgan fingerprint density at radius 2 is 1.12 bits per heavy atom. The molecule has 0 aliphatic heterocycles. The molecule has 6 aliphatic carbocycles. The summed E-state index contributed by atoms with van der Waals surface area (Å²) in [5.41, 5.74) is -0.0305. The fourth-order valence-corrected chi connectivity index (χ4v) is 15.6. The van der Waals surface area contributed by atoms with Crippen LogP contribution in [0, 0.1) is 34.5 Å². The zero-order valence-corrected chi connectivity index (χ0v) is 19.1. The maximum atomic E-state index is 11.2. The van der Waals surface area contributed by atoms with E-state index in [-0.39, 0.29) is 11.2 Å². The summed E-state index contributed by atoms with van der Waals surface area (Å²) in [6.45, 7) is 9.48. The van der Waals surface area contributed by atoms with Gasteiger partial charge in [-0.15, -0.1) is 0 Å². The first-order valence-electron chi connectivity index (χ1n) is 9.79. The van der Waals surface area contributed by atoms with E-state index in [2.05, 4.69) is 27.7 Å². The van der Waals surface area contributed by atoms with Crippen LogP contribution in [0.5, 0.6) is 0 Å². The van der Waals surface area contributed by atoms with Crippen molar-refractivity contribution in [2.75, 3.05) is 0 Å². The number of aliphatic hydroxyl groups is 2. The van der Waals surface area contributed by atoms with Gasteiger partial charge in [-0.25, -0.2) is 0 Å². The van der Waals surface area contributed by atoms with Gasteiger partial charge >= 0.3 is 159 Å². The quantitative estimate of drug-likeness (QED) is 0.483. The van der Waals surface area contributed by atoms with Gasteiger partial charge in [-0.2, -0.15) is 0 Å². The molecule has 0 amide bonds. The average Bonchev–Trinajstić information content (AvgIpc) is 2.51. The van der Waals surface area contributed by atoms with Crippen molar-refractivity contribution in [3.63, 3.8) is 0 Å². The van der Waals surface area contributed by atoms with Gasteiger partial charge in [0.15, 0.2) is 0 Å². The van der Waals surface area contributed by atoms with Crippen LogP contribution in [0.3, 0.4) is 0 Å². The third-order valence-electron chi connectivity index (χ3n) is 8.79. The molecule has 0 unspecified atom stereocenters. The third kappa shape index (κ3) is 2.54. The third-order valence-corrected chi connectivity index (χ3v) is 16.1. The van der Waals surface area contributed by atoms with E-state index in [1.807, 2.05) is 0 Å². The summed E-state index contributed by atoms with van der Waals surface area (Å²) in [5, 5.41) is 24.5. The first kappa shape index (κ1) is 18.3. The molecule has 6 aliphatic rings. The van der Waals surface area contributed by atoms with Crippen molar-refractivity contribution in [2.45, 2.75) is 88.1 Å². The Morgan fingerprint density at radius 1 is 0.750 bits per heavy atom. The van der Waals surface area contributed by atoms with Gasteiger partial charge in [0.25, 0.3) is 0 Å². The molecule has 0 heterocycles. The van der Waals surface area contributed by atoms with Crippen LogP contribution in [0.2, 0.25) is 10.6 Å². The molecule has 6 fully saturated rings. The number of hydrogen-bond acceptors (Lipinski definition) is 2. The van der Waals surface area contributed by atoms with E-state index >= 15 is 0 Å². The molecule has 138 valence electrons. The van der Waals surface area contributed by atoms with E-state index < -0.39 is 0 Å². The van der Waals surface area contributed by atoms with Gasteiger partial charge in [-0.05, 0) is 0 Å². The van der Waals surface area contributed by atoms with Crippen LogP contribution in [0.4, 0.5) is 0 Å². The van der Waals surface area contributed by atoms with Crippen LogP contribution in [0.1, 0.15) is 66.2 Å². The van der Waals surface area contributed by atoms with Gasteiger partial charge in [-0.3, -0.25) is 0 Å². The predicted molar refractivity (Wildman–Crippen MR) is 100 cm³/mol. The van der Waals surface area contributed by atoms with Crippen molar-refractivity contribution in [1.82, 2.24) is 0 Å². The Labute approximate surface area is 158 Å². The van der Waals surface area contributed by atoms with Crippen LogP contribution in [0.25, 0.3) is 0 Å². The minimum absolute atomic E-state index is 0.364. The standard InChI is InChI=1S/C20H34O2Se2/c1-17(2)13-5-7-19(21,15(17)9-13)11-23-24-12-20(22)8-6-14-10-16(20)18(14,3)4/h13-16,21-22H,5-12H2,1-4H3/t13-,14-,15+,16+,19+,20+/m0/s1. The van der Waals surface area contributed by atoms with E-state index in [4.69, 9.17) is 0 Å². The van der Waals surface area contributed by atoms with Crippen molar-refractivity contribution in [2.24, 2.45) is 34.5 Å². The summed E-state index contributed by atoms with van der Waals surface area (Å²) in [7, 11) is 0. The molecule has 0 aromatic heterocycles. The molecule has 24 heavy (non-hydrogen) atoms. The molecule has 6 saturated carbocycles. The van der Waals surface area contributed by atoms with Gasteiger partial charge in [-0.1, -0.05) is 0 Å². The summed E-state index contributed by atoms with van der Waals surface area (Å²) in [6.07, 6.45) is 7.04. The summed E-state index contributed by atoms with van der Waals surface area (Å²) in [6, 6.07) is 0. The molecule has 6 rings (SSSR count). The van der Waals surface area contributed by atoms with Gasteiger partial charge in [0.2, 0.25) is 0 Å². The van der Waals surface area contributed by atoms with E-state index in [9.17, 15) is 10.2 Å². The second-order valence-corrected chi connectivity index (χ2v) is 17.8. The van der Waals surface area contributed by atoms with Gasteiger partial charge in [0.1, 0.15) is 0 Å². The molecular formula is C20H34O2Se2. The number of fused-ring (bicyclic) bond motifs is 4. The SMILES string of the molecule is CC1(C)[C@H]2CC[C@@](O)(C[Se][Se]C[C@]3(O)CC[C@H]4C[C@@H]3C4(C)C)[C@@H]1C2. The van der Waals surface area contributed by atoms with Crippen molar-refractivity contribution < 1.29 is 10.2 Å². The molecule has 0 spiro atoms. The molecule has 4 bridgehead atoms. The zero-order chi connectivity index (χ0) is 17.4. The van der Waals surface area contributed by atoms with Crippen molar-refractivity contribution >= 4 is 26.3 Å². The normalized spacial score (nSPS) is 50.8. The maximum absolute atomic E-state index is 11.2. The molecule has 0 aromatic carbocycles. The van der Waals surface area contributed by atoms with E-state index in [1.165, 1.54) is 25.7 Å². The monoisotopic (exact) mass is 466 g/mol. The van der Waals surface area contributed by atoms with Crippen molar-refractivity contribution in [1.29, 1.82) is 0 Å². The average molecular weight is 464 g/mol.